The van der Waals surface area contributed by atoms with Crippen molar-refractivity contribution in [3.05, 3.63) is 48.0 Å². The Bertz CT molecular complexity index is 671. The van der Waals surface area contributed by atoms with Crippen molar-refractivity contribution in [3.8, 4) is 17.2 Å². The average molecular weight is 330 g/mol. The van der Waals surface area contributed by atoms with Crippen LogP contribution in [-0.2, 0) is 11.3 Å². The summed E-state index contributed by atoms with van der Waals surface area (Å²) in [6.45, 7) is 0.627. The van der Waals surface area contributed by atoms with Crippen molar-refractivity contribution >= 4 is 11.6 Å². The summed E-state index contributed by atoms with van der Waals surface area (Å²) in [4.78, 5) is 12.0. The maximum absolute atomic E-state index is 12.0. The van der Waals surface area contributed by atoms with E-state index < -0.39 is 0 Å². The van der Waals surface area contributed by atoms with Gasteiger partial charge in [0.05, 0.1) is 14.2 Å². The van der Waals surface area contributed by atoms with E-state index in [1.165, 1.54) is 0 Å². The van der Waals surface area contributed by atoms with Gasteiger partial charge in [0.2, 0.25) is 0 Å². The molecule has 0 aliphatic heterocycles. The molecule has 1 amide bonds. The molecule has 0 fully saturated rings. The molecule has 0 bridgehead atoms. The van der Waals surface area contributed by atoms with E-state index in [0.29, 0.717) is 17.2 Å². The summed E-state index contributed by atoms with van der Waals surface area (Å²) in [6.07, 6.45) is 0. The highest BCUT2D eigenvalue weighted by Gasteiger charge is 2.09. The Morgan fingerprint density at radius 3 is 2.38 bits per heavy atom. The number of hydrogen-bond donors (Lipinski definition) is 2. The van der Waals surface area contributed by atoms with Crippen molar-refractivity contribution in [2.45, 2.75) is 6.54 Å². The predicted molar refractivity (Wildman–Crippen MR) is 92.9 cm³/mol. The number of carbonyl (C=O) groups is 1. The SMILES string of the molecule is CNCc1ccc(OCC(=O)Nc2ccc(OC)cc2)c(OC)c1. The van der Waals surface area contributed by atoms with Crippen LogP contribution < -0.4 is 24.8 Å². The zero-order chi connectivity index (χ0) is 17.4. The van der Waals surface area contributed by atoms with Crippen LogP contribution in [0.4, 0.5) is 5.69 Å². The Labute approximate surface area is 141 Å². The molecule has 0 radical (unpaired) electrons. The lowest BCUT2D eigenvalue weighted by Gasteiger charge is -2.12. The molecule has 0 saturated carbocycles. The maximum Gasteiger partial charge on any atom is 0.262 e. The highest BCUT2D eigenvalue weighted by molar-refractivity contribution is 5.91. The second-order valence-corrected chi connectivity index (χ2v) is 5.08. The molecule has 0 aromatic heterocycles. The average Bonchev–Trinajstić information content (AvgIpc) is 2.61. The topological polar surface area (TPSA) is 68.8 Å². The Morgan fingerprint density at radius 1 is 1.00 bits per heavy atom. The van der Waals surface area contributed by atoms with Gasteiger partial charge < -0.3 is 24.8 Å². The minimum atomic E-state index is -0.249. The molecule has 0 aliphatic carbocycles. The summed E-state index contributed by atoms with van der Waals surface area (Å²) in [7, 11) is 5.04. The highest BCUT2D eigenvalue weighted by Crippen LogP contribution is 2.28. The molecule has 128 valence electrons. The van der Waals surface area contributed by atoms with Crippen molar-refractivity contribution < 1.29 is 19.0 Å². The summed E-state index contributed by atoms with van der Waals surface area (Å²) in [5.74, 6) is 1.61. The van der Waals surface area contributed by atoms with E-state index in [0.717, 1.165) is 17.9 Å². The fourth-order valence-corrected chi connectivity index (χ4v) is 2.16. The van der Waals surface area contributed by atoms with Crippen molar-refractivity contribution in [2.24, 2.45) is 0 Å². The third kappa shape index (κ3) is 4.89. The van der Waals surface area contributed by atoms with E-state index in [2.05, 4.69) is 10.6 Å². The van der Waals surface area contributed by atoms with E-state index in [4.69, 9.17) is 14.2 Å². The van der Waals surface area contributed by atoms with Gasteiger partial charge in [-0.25, -0.2) is 0 Å². The first-order valence-electron chi connectivity index (χ1n) is 7.54. The number of benzene rings is 2. The van der Waals surface area contributed by atoms with Crippen LogP contribution in [0.5, 0.6) is 17.2 Å². The molecule has 24 heavy (non-hydrogen) atoms. The molecule has 6 nitrogen and oxygen atoms in total. The van der Waals surface area contributed by atoms with Crippen LogP contribution in [0, 0.1) is 0 Å². The van der Waals surface area contributed by atoms with Gasteiger partial charge in [-0.15, -0.1) is 0 Å². The van der Waals surface area contributed by atoms with Gasteiger partial charge in [-0.2, -0.15) is 0 Å². The van der Waals surface area contributed by atoms with Gasteiger partial charge in [0, 0.05) is 12.2 Å². The van der Waals surface area contributed by atoms with Crippen molar-refractivity contribution in [2.75, 3.05) is 33.2 Å². The van der Waals surface area contributed by atoms with Gasteiger partial charge in [0.1, 0.15) is 5.75 Å². The molecule has 0 spiro atoms. The summed E-state index contributed by atoms with van der Waals surface area (Å²) >= 11 is 0. The minimum absolute atomic E-state index is 0.103. The van der Waals surface area contributed by atoms with Gasteiger partial charge in [0.15, 0.2) is 18.1 Å². The van der Waals surface area contributed by atoms with Crippen LogP contribution in [0.1, 0.15) is 5.56 Å². The number of hydrogen-bond acceptors (Lipinski definition) is 5. The molecule has 0 aliphatic rings. The monoisotopic (exact) mass is 330 g/mol. The summed E-state index contributed by atoms with van der Waals surface area (Å²) in [6, 6.07) is 12.7. The zero-order valence-electron chi connectivity index (χ0n) is 14.1. The quantitative estimate of drug-likeness (QED) is 0.778. The van der Waals surface area contributed by atoms with Crippen molar-refractivity contribution in [1.29, 1.82) is 0 Å². The van der Waals surface area contributed by atoms with Crippen molar-refractivity contribution in [3.63, 3.8) is 0 Å². The van der Waals surface area contributed by atoms with Gasteiger partial charge in [0.25, 0.3) is 5.91 Å². The van der Waals surface area contributed by atoms with Gasteiger partial charge >= 0.3 is 0 Å². The van der Waals surface area contributed by atoms with E-state index in [-0.39, 0.29) is 12.5 Å². The number of ether oxygens (including phenoxy) is 3. The minimum Gasteiger partial charge on any atom is -0.497 e. The van der Waals surface area contributed by atoms with Gasteiger partial charge in [-0.3, -0.25) is 4.79 Å². The first-order valence-corrected chi connectivity index (χ1v) is 7.54. The summed E-state index contributed by atoms with van der Waals surface area (Å²) in [5.41, 5.74) is 1.75. The molecule has 0 saturated heterocycles. The van der Waals surface area contributed by atoms with Gasteiger partial charge in [-0.05, 0) is 49.0 Å². The Morgan fingerprint density at radius 2 is 1.75 bits per heavy atom. The Kier molecular flexibility index (Phi) is 6.45. The molecule has 0 atom stereocenters. The van der Waals surface area contributed by atoms with Gasteiger partial charge in [-0.1, -0.05) is 6.07 Å². The molecule has 2 aromatic rings. The smallest absolute Gasteiger partial charge is 0.262 e. The lowest BCUT2D eigenvalue weighted by atomic mass is 10.2. The second-order valence-electron chi connectivity index (χ2n) is 5.08. The summed E-state index contributed by atoms with van der Waals surface area (Å²) < 4.78 is 15.9. The molecule has 0 unspecified atom stereocenters. The largest absolute Gasteiger partial charge is 0.497 e. The predicted octanol–water partition coefficient (Wildman–Crippen LogP) is 2.44. The normalized spacial score (nSPS) is 10.1. The number of methoxy groups -OCH3 is 2. The molecule has 0 heterocycles. The van der Waals surface area contributed by atoms with E-state index >= 15 is 0 Å². The Hall–Kier alpha value is -2.73. The maximum atomic E-state index is 12.0. The summed E-state index contributed by atoms with van der Waals surface area (Å²) in [5, 5.41) is 5.83. The van der Waals surface area contributed by atoms with Crippen LogP contribution in [0.15, 0.2) is 42.5 Å². The lowest BCUT2D eigenvalue weighted by Crippen LogP contribution is -2.20. The molecule has 2 aromatic carbocycles. The molecule has 6 heteroatoms. The van der Waals surface area contributed by atoms with E-state index in [1.807, 2.05) is 19.2 Å². The third-order valence-corrected chi connectivity index (χ3v) is 3.34. The number of carbonyl (C=O) groups excluding carboxylic acids is 1. The molecule has 2 rings (SSSR count). The van der Waals surface area contributed by atoms with Crippen LogP contribution in [0.2, 0.25) is 0 Å². The first kappa shape index (κ1) is 17.6. The highest BCUT2D eigenvalue weighted by atomic mass is 16.5. The molecular formula is C18H22N2O4. The van der Waals surface area contributed by atoms with Crippen molar-refractivity contribution in [1.82, 2.24) is 5.32 Å². The first-order chi connectivity index (χ1) is 11.7. The molecule has 2 N–H and O–H groups in total. The van der Waals surface area contributed by atoms with E-state index in [1.54, 1.807) is 44.6 Å². The fraction of sp³-hybridized carbons (Fsp3) is 0.278. The zero-order valence-corrected chi connectivity index (χ0v) is 14.1. The fourth-order valence-electron chi connectivity index (χ4n) is 2.16. The standard InChI is InChI=1S/C18H22N2O4/c1-19-11-13-4-9-16(17(10-13)23-3)24-12-18(21)20-14-5-7-15(22-2)8-6-14/h4-10,19H,11-12H2,1-3H3,(H,20,21). The number of rotatable bonds is 8. The van der Waals surface area contributed by atoms with Crippen LogP contribution in [0.25, 0.3) is 0 Å². The number of amides is 1. The lowest BCUT2D eigenvalue weighted by molar-refractivity contribution is -0.118. The number of nitrogens with one attached hydrogen (secondary N) is 2. The van der Waals surface area contributed by atoms with Crippen LogP contribution >= 0.6 is 0 Å². The number of anilines is 1. The van der Waals surface area contributed by atoms with E-state index in [9.17, 15) is 4.79 Å². The van der Waals surface area contributed by atoms with Crippen LogP contribution in [0.3, 0.4) is 0 Å². The second kappa shape index (κ2) is 8.79. The molecular weight excluding hydrogens is 308 g/mol. The Balaban J connectivity index is 1.93. The van der Waals surface area contributed by atoms with Crippen LogP contribution in [-0.4, -0.2) is 33.8 Å². The third-order valence-electron chi connectivity index (χ3n) is 3.34.